The predicted molar refractivity (Wildman–Crippen MR) is 129 cm³/mol. The molecule has 2 aromatic heterocycles. The van der Waals surface area contributed by atoms with Gasteiger partial charge >= 0.3 is 0 Å². The van der Waals surface area contributed by atoms with Gasteiger partial charge in [0.1, 0.15) is 5.69 Å². The minimum atomic E-state index is -0.0930. The monoisotopic (exact) mass is 483 g/mol. The molecule has 9 heteroatoms. The van der Waals surface area contributed by atoms with Crippen molar-refractivity contribution in [2.24, 2.45) is 0 Å². The second-order valence-corrected chi connectivity index (χ2v) is 8.34. The van der Waals surface area contributed by atoms with Gasteiger partial charge in [-0.25, -0.2) is 4.98 Å². The summed E-state index contributed by atoms with van der Waals surface area (Å²) in [5, 5.41) is 6.35. The maximum Gasteiger partial charge on any atom is 0.274 e. The minimum Gasteiger partial charge on any atom is -0.369 e. The number of piperazine rings is 1. The van der Waals surface area contributed by atoms with Gasteiger partial charge < -0.3 is 25.0 Å². The molecule has 162 valence electrons. The van der Waals surface area contributed by atoms with Crippen LogP contribution in [0.2, 0.25) is 0 Å². The van der Waals surface area contributed by atoms with E-state index < -0.39 is 0 Å². The zero-order chi connectivity index (χ0) is 21.8. The van der Waals surface area contributed by atoms with Crippen molar-refractivity contribution in [1.82, 2.24) is 19.4 Å². The van der Waals surface area contributed by atoms with Gasteiger partial charge in [-0.3, -0.25) is 4.79 Å². The fourth-order valence-corrected chi connectivity index (χ4v) is 3.76. The third-order valence-electron chi connectivity index (χ3n) is 5.35. The van der Waals surface area contributed by atoms with E-state index in [1.165, 1.54) is 5.69 Å². The fraction of sp³-hybridized carbons (Fsp3) is 0.318. The predicted octanol–water partition coefficient (Wildman–Crippen LogP) is 3.66. The SMILES string of the molecule is CCn1cccc(Nc2nc(Nc3ccc(N4CCN(C)CC4)cc3)ncc2Br)c1=O. The van der Waals surface area contributed by atoms with Crippen molar-refractivity contribution < 1.29 is 0 Å². The number of benzene rings is 1. The number of rotatable bonds is 6. The molecule has 0 bridgehead atoms. The number of pyridine rings is 1. The Morgan fingerprint density at radius 3 is 2.52 bits per heavy atom. The molecule has 4 rings (SSSR count). The largest absolute Gasteiger partial charge is 0.369 e. The third kappa shape index (κ3) is 5.05. The molecule has 31 heavy (non-hydrogen) atoms. The molecule has 0 aliphatic carbocycles. The minimum absolute atomic E-state index is 0.0930. The van der Waals surface area contributed by atoms with Gasteiger partial charge in [-0.1, -0.05) is 0 Å². The topological polar surface area (TPSA) is 78.3 Å². The van der Waals surface area contributed by atoms with Crippen LogP contribution in [-0.2, 0) is 6.54 Å². The lowest BCUT2D eigenvalue weighted by Crippen LogP contribution is -2.44. The average Bonchev–Trinajstić information content (AvgIpc) is 2.78. The molecule has 1 aliphatic rings. The van der Waals surface area contributed by atoms with Gasteiger partial charge in [0.2, 0.25) is 5.95 Å². The number of hydrogen-bond acceptors (Lipinski definition) is 7. The van der Waals surface area contributed by atoms with Crippen molar-refractivity contribution in [3.05, 3.63) is 63.6 Å². The van der Waals surface area contributed by atoms with E-state index in [4.69, 9.17) is 0 Å². The second kappa shape index (κ2) is 9.49. The van der Waals surface area contributed by atoms with E-state index in [0.717, 1.165) is 31.9 Å². The highest BCUT2D eigenvalue weighted by molar-refractivity contribution is 9.10. The summed E-state index contributed by atoms with van der Waals surface area (Å²) < 4.78 is 2.31. The van der Waals surface area contributed by atoms with Crippen molar-refractivity contribution in [3.8, 4) is 0 Å². The molecule has 1 aliphatic heterocycles. The summed E-state index contributed by atoms with van der Waals surface area (Å²) in [6.07, 6.45) is 3.43. The number of nitrogens with zero attached hydrogens (tertiary/aromatic N) is 5. The molecule has 3 heterocycles. The van der Waals surface area contributed by atoms with Crippen LogP contribution in [-0.4, -0.2) is 52.7 Å². The normalized spacial score (nSPS) is 14.5. The Labute approximate surface area is 190 Å². The van der Waals surface area contributed by atoms with Crippen LogP contribution in [0.15, 0.2) is 58.1 Å². The molecule has 0 atom stereocenters. The molecule has 0 unspecified atom stereocenters. The Kier molecular flexibility index (Phi) is 6.53. The van der Waals surface area contributed by atoms with Crippen molar-refractivity contribution >= 4 is 44.8 Å². The molecule has 3 aromatic rings. The lowest BCUT2D eigenvalue weighted by molar-refractivity contribution is 0.313. The van der Waals surface area contributed by atoms with Gasteiger partial charge in [0.05, 0.1) is 4.47 Å². The van der Waals surface area contributed by atoms with Gasteiger partial charge in [-0.2, -0.15) is 4.98 Å². The van der Waals surface area contributed by atoms with Crippen LogP contribution in [0.25, 0.3) is 0 Å². The smallest absolute Gasteiger partial charge is 0.274 e. The van der Waals surface area contributed by atoms with Crippen molar-refractivity contribution in [3.63, 3.8) is 0 Å². The molecule has 0 amide bonds. The second-order valence-electron chi connectivity index (χ2n) is 7.49. The maximum atomic E-state index is 12.5. The van der Waals surface area contributed by atoms with Crippen LogP contribution in [0.5, 0.6) is 0 Å². The highest BCUT2D eigenvalue weighted by Gasteiger charge is 2.14. The number of hydrogen-bond donors (Lipinski definition) is 2. The molecule has 8 nitrogen and oxygen atoms in total. The van der Waals surface area contributed by atoms with Crippen molar-refractivity contribution in [2.45, 2.75) is 13.5 Å². The summed E-state index contributed by atoms with van der Waals surface area (Å²) in [4.78, 5) is 26.1. The first-order chi connectivity index (χ1) is 15.0. The van der Waals surface area contributed by atoms with Crippen LogP contribution >= 0.6 is 15.9 Å². The van der Waals surface area contributed by atoms with E-state index in [1.54, 1.807) is 23.0 Å². The van der Waals surface area contributed by atoms with Gasteiger partial charge in [0, 0.05) is 56.5 Å². The number of likely N-dealkylation sites (N-methyl/N-ethyl adjacent to an activating group) is 1. The zero-order valence-electron chi connectivity index (χ0n) is 17.7. The average molecular weight is 484 g/mol. The number of aromatic nitrogens is 3. The van der Waals surface area contributed by atoms with Gasteiger partial charge in [-0.15, -0.1) is 0 Å². The fourth-order valence-electron chi connectivity index (χ4n) is 3.47. The highest BCUT2D eigenvalue weighted by Crippen LogP contribution is 2.25. The first-order valence-electron chi connectivity index (χ1n) is 10.3. The lowest BCUT2D eigenvalue weighted by Gasteiger charge is -2.34. The van der Waals surface area contributed by atoms with Crippen LogP contribution in [0.3, 0.4) is 0 Å². The Hall–Kier alpha value is -2.91. The number of nitrogens with one attached hydrogen (secondary N) is 2. The Bertz CT molecular complexity index is 1090. The van der Waals surface area contributed by atoms with Crippen molar-refractivity contribution in [1.29, 1.82) is 0 Å². The van der Waals surface area contributed by atoms with E-state index in [2.05, 4.69) is 65.5 Å². The van der Waals surface area contributed by atoms with Crippen LogP contribution in [0, 0.1) is 0 Å². The molecular weight excluding hydrogens is 458 g/mol. The highest BCUT2D eigenvalue weighted by atomic mass is 79.9. The molecule has 2 N–H and O–H groups in total. The van der Waals surface area contributed by atoms with Crippen LogP contribution in [0.4, 0.5) is 28.8 Å². The summed E-state index contributed by atoms with van der Waals surface area (Å²) in [5.41, 5.74) is 2.49. The Morgan fingerprint density at radius 1 is 1.06 bits per heavy atom. The molecule has 1 fully saturated rings. The molecule has 0 radical (unpaired) electrons. The molecule has 1 saturated heterocycles. The van der Waals surface area contributed by atoms with E-state index in [-0.39, 0.29) is 5.56 Å². The molecule has 0 saturated carbocycles. The standard InChI is InChI=1S/C22H26BrN7O/c1-3-29-10-4-5-19(21(29)31)26-20-18(23)15-24-22(27-20)25-16-6-8-17(9-7-16)30-13-11-28(2)12-14-30/h4-10,15H,3,11-14H2,1-2H3,(H2,24,25,26,27). The summed E-state index contributed by atoms with van der Waals surface area (Å²) >= 11 is 3.46. The molecule has 1 aromatic carbocycles. The van der Waals surface area contributed by atoms with E-state index >= 15 is 0 Å². The van der Waals surface area contributed by atoms with Gasteiger partial charge in [0.15, 0.2) is 5.82 Å². The number of aryl methyl sites for hydroxylation is 1. The zero-order valence-corrected chi connectivity index (χ0v) is 19.3. The van der Waals surface area contributed by atoms with Crippen molar-refractivity contribution in [2.75, 3.05) is 48.8 Å². The summed E-state index contributed by atoms with van der Waals surface area (Å²) in [6.45, 7) is 6.76. The van der Waals surface area contributed by atoms with E-state index in [1.807, 2.05) is 25.1 Å². The summed E-state index contributed by atoms with van der Waals surface area (Å²) in [6, 6.07) is 11.9. The van der Waals surface area contributed by atoms with Gasteiger partial charge in [0.25, 0.3) is 5.56 Å². The number of halogens is 1. The maximum absolute atomic E-state index is 12.5. The summed E-state index contributed by atoms with van der Waals surface area (Å²) in [5.74, 6) is 0.974. The third-order valence-corrected chi connectivity index (χ3v) is 5.93. The Morgan fingerprint density at radius 2 is 1.81 bits per heavy atom. The summed E-state index contributed by atoms with van der Waals surface area (Å²) in [7, 11) is 2.16. The first kappa shape index (κ1) is 21.3. The van der Waals surface area contributed by atoms with E-state index in [9.17, 15) is 4.79 Å². The number of anilines is 5. The first-order valence-corrected chi connectivity index (χ1v) is 11.1. The van der Waals surface area contributed by atoms with Crippen LogP contribution < -0.4 is 21.1 Å². The Balaban J connectivity index is 1.48. The molecule has 0 spiro atoms. The van der Waals surface area contributed by atoms with E-state index in [0.29, 0.717) is 28.5 Å². The van der Waals surface area contributed by atoms with Crippen LogP contribution in [0.1, 0.15) is 6.92 Å². The quantitative estimate of drug-likeness (QED) is 0.553. The molecular formula is C22H26BrN7O. The van der Waals surface area contributed by atoms with Gasteiger partial charge in [-0.05, 0) is 66.3 Å². The lowest BCUT2D eigenvalue weighted by atomic mass is 10.2.